The molecule has 0 aliphatic rings. The molecule has 0 spiro atoms. The summed E-state index contributed by atoms with van der Waals surface area (Å²) in [6.07, 6.45) is -8.36. The van der Waals surface area contributed by atoms with Crippen LogP contribution in [0.2, 0.25) is 0 Å². The zero-order chi connectivity index (χ0) is 16.2. The lowest BCUT2D eigenvalue weighted by Crippen LogP contribution is -2.22. The third-order valence-corrected chi connectivity index (χ3v) is 2.24. The number of carbonyl (C=O) groups is 1. The molecule has 21 heavy (non-hydrogen) atoms. The second-order valence-electron chi connectivity index (χ2n) is 3.65. The van der Waals surface area contributed by atoms with Crippen LogP contribution in [-0.4, -0.2) is 23.9 Å². The van der Waals surface area contributed by atoms with Crippen LogP contribution in [-0.2, 0) is 11.3 Å². The van der Waals surface area contributed by atoms with E-state index >= 15 is 0 Å². The Bertz CT molecular complexity index is 519. The van der Waals surface area contributed by atoms with Crippen LogP contribution in [0, 0.1) is 0 Å². The van der Waals surface area contributed by atoms with Crippen LogP contribution in [0.5, 0.6) is 5.88 Å². The predicted octanol–water partition coefficient (Wildman–Crippen LogP) is 2.55. The lowest BCUT2D eigenvalue weighted by atomic mass is 10.1. The molecule has 1 heterocycles. The molecule has 0 atom stereocenters. The van der Waals surface area contributed by atoms with E-state index in [1.54, 1.807) is 0 Å². The second-order valence-corrected chi connectivity index (χ2v) is 3.65. The fourth-order valence-electron chi connectivity index (χ4n) is 1.46. The summed E-state index contributed by atoms with van der Waals surface area (Å²) in [4.78, 5) is 14.7. The molecule has 0 fully saturated rings. The molecule has 0 aliphatic heterocycles. The monoisotopic (exact) mass is 314 g/mol. The van der Waals surface area contributed by atoms with E-state index in [1.165, 1.54) is 6.92 Å². The van der Waals surface area contributed by atoms with E-state index < -0.39 is 48.0 Å². The quantitative estimate of drug-likeness (QED) is 0.668. The number of nitrogens with two attached hydrogens (primary N) is 1. The van der Waals surface area contributed by atoms with Gasteiger partial charge in [-0.15, -0.1) is 13.2 Å². The van der Waals surface area contributed by atoms with Crippen LogP contribution in [0.15, 0.2) is 6.07 Å². The summed E-state index contributed by atoms with van der Waals surface area (Å²) in [5.41, 5.74) is 3.20. The number of pyridine rings is 1. The molecule has 5 nitrogen and oxygen atoms in total. The smallest absolute Gasteiger partial charge is 0.462 e. The Morgan fingerprint density at radius 3 is 2.48 bits per heavy atom. The van der Waals surface area contributed by atoms with Crippen LogP contribution in [0.1, 0.15) is 35.0 Å². The molecule has 0 aliphatic carbocycles. The number of halogens is 5. The van der Waals surface area contributed by atoms with Gasteiger partial charge in [0.15, 0.2) is 0 Å². The van der Waals surface area contributed by atoms with E-state index in [0.717, 1.165) is 0 Å². The molecule has 1 rings (SSSR count). The van der Waals surface area contributed by atoms with Crippen molar-refractivity contribution in [3.8, 4) is 5.88 Å². The average molecular weight is 314 g/mol. The van der Waals surface area contributed by atoms with Crippen molar-refractivity contribution in [3.63, 3.8) is 0 Å². The summed E-state index contributed by atoms with van der Waals surface area (Å²) in [5.74, 6) is -2.28. The number of alkyl halides is 5. The van der Waals surface area contributed by atoms with Crippen molar-refractivity contribution in [3.05, 3.63) is 22.9 Å². The molecule has 0 bridgehead atoms. The van der Waals surface area contributed by atoms with Crippen molar-refractivity contribution in [1.82, 2.24) is 4.98 Å². The minimum absolute atomic E-state index is 0.0926. The summed E-state index contributed by atoms with van der Waals surface area (Å²) in [5, 5.41) is 0. The Labute approximate surface area is 115 Å². The minimum Gasteiger partial charge on any atom is -0.462 e. The van der Waals surface area contributed by atoms with Gasteiger partial charge in [-0.05, 0) is 13.0 Å². The number of carbonyl (C=O) groups excluding carboxylic acids is 1. The third kappa shape index (κ3) is 4.52. The van der Waals surface area contributed by atoms with Gasteiger partial charge in [0.25, 0.3) is 6.43 Å². The van der Waals surface area contributed by atoms with Gasteiger partial charge in [0.2, 0.25) is 5.88 Å². The van der Waals surface area contributed by atoms with Gasteiger partial charge in [-0.1, -0.05) is 0 Å². The molecule has 0 amide bonds. The van der Waals surface area contributed by atoms with Crippen molar-refractivity contribution in [2.45, 2.75) is 26.3 Å². The maximum atomic E-state index is 12.7. The van der Waals surface area contributed by atoms with Gasteiger partial charge in [-0.3, -0.25) is 0 Å². The number of nitrogens with zero attached hydrogens (tertiary/aromatic N) is 1. The Morgan fingerprint density at radius 1 is 1.43 bits per heavy atom. The first-order valence-electron chi connectivity index (χ1n) is 5.64. The van der Waals surface area contributed by atoms with Crippen molar-refractivity contribution in [1.29, 1.82) is 0 Å². The minimum atomic E-state index is -5.16. The zero-order valence-electron chi connectivity index (χ0n) is 10.7. The molecule has 0 saturated heterocycles. The molecule has 118 valence electrons. The van der Waals surface area contributed by atoms with Crippen molar-refractivity contribution >= 4 is 5.97 Å². The highest BCUT2D eigenvalue weighted by atomic mass is 19.4. The summed E-state index contributed by atoms with van der Waals surface area (Å²) in [6.45, 7) is 0.781. The van der Waals surface area contributed by atoms with Gasteiger partial charge in [-0.25, -0.2) is 18.6 Å². The number of hydrogen-bond acceptors (Lipinski definition) is 5. The van der Waals surface area contributed by atoms with E-state index in [9.17, 15) is 26.7 Å². The van der Waals surface area contributed by atoms with Gasteiger partial charge in [0.1, 0.15) is 5.69 Å². The maximum absolute atomic E-state index is 12.7. The maximum Gasteiger partial charge on any atom is 0.574 e. The molecule has 0 saturated carbocycles. The largest absolute Gasteiger partial charge is 0.574 e. The molecule has 10 heteroatoms. The molecular weight excluding hydrogens is 303 g/mol. The van der Waals surface area contributed by atoms with Gasteiger partial charge >= 0.3 is 12.3 Å². The first-order valence-corrected chi connectivity index (χ1v) is 5.64. The van der Waals surface area contributed by atoms with Gasteiger partial charge in [0.05, 0.1) is 12.2 Å². The lowest BCUT2D eigenvalue weighted by molar-refractivity contribution is -0.276. The SMILES string of the molecule is CCOC(=O)c1cc(C(F)F)nc(OC(F)(F)F)c1CN. The molecule has 0 aromatic carbocycles. The van der Waals surface area contributed by atoms with Crippen LogP contribution in [0.25, 0.3) is 0 Å². The Morgan fingerprint density at radius 2 is 2.05 bits per heavy atom. The molecule has 0 unspecified atom stereocenters. The fraction of sp³-hybridized carbons (Fsp3) is 0.455. The van der Waals surface area contributed by atoms with Crippen molar-refractivity contribution < 1.29 is 36.2 Å². The average Bonchev–Trinajstić information content (AvgIpc) is 2.36. The van der Waals surface area contributed by atoms with Crippen LogP contribution >= 0.6 is 0 Å². The van der Waals surface area contributed by atoms with Crippen molar-refractivity contribution in [2.75, 3.05) is 6.61 Å². The summed E-state index contributed by atoms with van der Waals surface area (Å²) >= 11 is 0. The van der Waals surface area contributed by atoms with E-state index in [2.05, 4.69) is 14.5 Å². The van der Waals surface area contributed by atoms with Crippen LogP contribution in [0.4, 0.5) is 22.0 Å². The Hall–Kier alpha value is -1.97. The predicted molar refractivity (Wildman–Crippen MR) is 59.7 cm³/mol. The first kappa shape index (κ1) is 17.1. The van der Waals surface area contributed by atoms with E-state index in [0.29, 0.717) is 6.07 Å². The van der Waals surface area contributed by atoms with Crippen LogP contribution in [0.3, 0.4) is 0 Å². The standard InChI is InChI=1S/C11H11F5N2O3/c1-2-20-10(19)5-3-7(8(12)13)18-9(6(5)4-17)21-11(14,15)16/h3,8H,2,4,17H2,1H3. The van der Waals surface area contributed by atoms with Gasteiger partial charge in [-0.2, -0.15) is 0 Å². The number of esters is 1. The van der Waals surface area contributed by atoms with E-state index in [4.69, 9.17) is 5.73 Å². The first-order chi connectivity index (χ1) is 9.69. The number of hydrogen-bond donors (Lipinski definition) is 1. The van der Waals surface area contributed by atoms with Crippen molar-refractivity contribution in [2.24, 2.45) is 5.73 Å². The van der Waals surface area contributed by atoms with E-state index in [1.807, 2.05) is 0 Å². The summed E-state index contributed by atoms with van der Waals surface area (Å²) < 4.78 is 70.3. The Balaban J connectivity index is 3.43. The molecule has 1 aromatic rings. The summed E-state index contributed by atoms with van der Waals surface area (Å²) in [6, 6.07) is 0.633. The van der Waals surface area contributed by atoms with Gasteiger partial charge < -0.3 is 15.2 Å². The highest BCUT2D eigenvalue weighted by Gasteiger charge is 2.34. The fourth-order valence-corrected chi connectivity index (χ4v) is 1.46. The number of ether oxygens (including phenoxy) is 2. The highest BCUT2D eigenvalue weighted by molar-refractivity contribution is 5.91. The Kier molecular flexibility index (Phi) is 5.41. The van der Waals surface area contributed by atoms with Gasteiger partial charge in [0, 0.05) is 12.1 Å². The van der Waals surface area contributed by atoms with E-state index in [-0.39, 0.29) is 6.61 Å². The molecule has 0 radical (unpaired) electrons. The molecular formula is C11H11F5N2O3. The third-order valence-electron chi connectivity index (χ3n) is 2.24. The number of rotatable bonds is 5. The second kappa shape index (κ2) is 6.66. The number of aromatic nitrogens is 1. The van der Waals surface area contributed by atoms with Crippen LogP contribution < -0.4 is 10.5 Å². The lowest BCUT2D eigenvalue weighted by Gasteiger charge is -2.15. The topological polar surface area (TPSA) is 74.4 Å². The highest BCUT2D eigenvalue weighted by Crippen LogP contribution is 2.30. The summed E-state index contributed by atoms with van der Waals surface area (Å²) in [7, 11) is 0. The normalized spacial score (nSPS) is 11.6. The molecule has 1 aromatic heterocycles. The molecule has 2 N–H and O–H groups in total. The zero-order valence-corrected chi connectivity index (χ0v) is 10.7.